The molecule has 1 unspecified atom stereocenters. The van der Waals surface area contributed by atoms with Gasteiger partial charge in [-0.3, -0.25) is 0 Å². The van der Waals surface area contributed by atoms with Crippen LogP contribution in [0.25, 0.3) is 0 Å². The van der Waals surface area contributed by atoms with Crippen molar-refractivity contribution >= 4 is 23.2 Å². The molecule has 16 heavy (non-hydrogen) atoms. The molecular weight excluding hydrogens is 245 g/mol. The maximum Gasteiger partial charge on any atom is 0.0620 e. The fraction of sp³-hybridized carbons (Fsp3) is 0.500. The SMILES string of the molecule is CCCOCC(N)Cc1cc(Cl)ccc1Cl. The molecule has 0 aromatic heterocycles. The summed E-state index contributed by atoms with van der Waals surface area (Å²) in [4.78, 5) is 0. The quantitative estimate of drug-likeness (QED) is 0.798. The van der Waals surface area contributed by atoms with Gasteiger partial charge in [-0.15, -0.1) is 0 Å². The lowest BCUT2D eigenvalue weighted by Crippen LogP contribution is -2.28. The molecule has 2 nitrogen and oxygen atoms in total. The van der Waals surface area contributed by atoms with E-state index in [1.165, 1.54) is 0 Å². The minimum atomic E-state index is -0.0393. The standard InChI is InChI=1S/C12H17Cl2NO/c1-2-5-16-8-11(15)7-9-6-10(13)3-4-12(9)14/h3-4,6,11H,2,5,7-8,15H2,1H3. The molecule has 0 heterocycles. The molecule has 0 aliphatic heterocycles. The molecule has 2 N–H and O–H groups in total. The van der Waals surface area contributed by atoms with Crippen LogP contribution in [0.2, 0.25) is 10.0 Å². The van der Waals surface area contributed by atoms with Crippen LogP contribution in [-0.2, 0) is 11.2 Å². The van der Waals surface area contributed by atoms with E-state index in [9.17, 15) is 0 Å². The Morgan fingerprint density at radius 3 is 2.81 bits per heavy atom. The summed E-state index contributed by atoms with van der Waals surface area (Å²) in [7, 11) is 0. The van der Waals surface area contributed by atoms with Gasteiger partial charge in [-0.05, 0) is 36.6 Å². The molecule has 0 aliphatic carbocycles. The third kappa shape index (κ3) is 4.71. The van der Waals surface area contributed by atoms with Crippen LogP contribution >= 0.6 is 23.2 Å². The van der Waals surface area contributed by atoms with E-state index in [0.29, 0.717) is 23.1 Å². The Kier molecular flexibility index (Phi) is 6.14. The summed E-state index contributed by atoms with van der Waals surface area (Å²) in [5, 5.41) is 1.39. The monoisotopic (exact) mass is 261 g/mol. The molecule has 1 atom stereocenters. The lowest BCUT2D eigenvalue weighted by molar-refractivity contribution is 0.121. The van der Waals surface area contributed by atoms with Gasteiger partial charge >= 0.3 is 0 Å². The summed E-state index contributed by atoms with van der Waals surface area (Å²) in [6.07, 6.45) is 1.69. The molecule has 1 aromatic rings. The predicted octanol–water partition coefficient (Wildman–Crippen LogP) is 3.29. The zero-order chi connectivity index (χ0) is 12.0. The first-order valence-corrected chi connectivity index (χ1v) is 6.16. The maximum absolute atomic E-state index is 6.05. The van der Waals surface area contributed by atoms with E-state index in [4.69, 9.17) is 33.7 Å². The second-order valence-electron chi connectivity index (χ2n) is 3.77. The van der Waals surface area contributed by atoms with Crippen molar-refractivity contribution in [2.75, 3.05) is 13.2 Å². The molecule has 90 valence electrons. The number of ether oxygens (including phenoxy) is 1. The maximum atomic E-state index is 6.05. The van der Waals surface area contributed by atoms with E-state index in [0.717, 1.165) is 18.6 Å². The first-order valence-electron chi connectivity index (χ1n) is 5.40. The van der Waals surface area contributed by atoms with Crippen molar-refractivity contribution in [2.24, 2.45) is 5.73 Å². The molecule has 1 aromatic carbocycles. The summed E-state index contributed by atoms with van der Waals surface area (Å²) < 4.78 is 5.39. The van der Waals surface area contributed by atoms with Crippen molar-refractivity contribution < 1.29 is 4.74 Å². The van der Waals surface area contributed by atoms with Crippen LogP contribution in [0.15, 0.2) is 18.2 Å². The Morgan fingerprint density at radius 2 is 2.12 bits per heavy atom. The number of nitrogens with two attached hydrogens (primary N) is 1. The van der Waals surface area contributed by atoms with Gasteiger partial charge in [-0.1, -0.05) is 30.1 Å². The van der Waals surface area contributed by atoms with Crippen molar-refractivity contribution in [2.45, 2.75) is 25.8 Å². The minimum Gasteiger partial charge on any atom is -0.380 e. The summed E-state index contributed by atoms with van der Waals surface area (Å²) in [6, 6.07) is 5.37. The third-order valence-corrected chi connectivity index (χ3v) is 2.77. The zero-order valence-electron chi connectivity index (χ0n) is 9.38. The molecule has 1 rings (SSSR count). The molecule has 4 heteroatoms. The third-order valence-electron chi connectivity index (χ3n) is 2.17. The van der Waals surface area contributed by atoms with E-state index in [1.807, 2.05) is 6.07 Å². The first-order chi connectivity index (χ1) is 7.63. The van der Waals surface area contributed by atoms with Crippen LogP contribution < -0.4 is 5.73 Å². The van der Waals surface area contributed by atoms with Gasteiger partial charge in [0.1, 0.15) is 0 Å². The van der Waals surface area contributed by atoms with Gasteiger partial charge < -0.3 is 10.5 Å². The van der Waals surface area contributed by atoms with Gasteiger partial charge in [-0.2, -0.15) is 0 Å². The van der Waals surface area contributed by atoms with Gasteiger partial charge in [0, 0.05) is 22.7 Å². The zero-order valence-corrected chi connectivity index (χ0v) is 10.9. The van der Waals surface area contributed by atoms with Gasteiger partial charge in [0.2, 0.25) is 0 Å². The van der Waals surface area contributed by atoms with Crippen molar-refractivity contribution in [3.05, 3.63) is 33.8 Å². The van der Waals surface area contributed by atoms with Crippen molar-refractivity contribution in [3.8, 4) is 0 Å². The molecule has 0 saturated carbocycles. The van der Waals surface area contributed by atoms with Gasteiger partial charge in [-0.25, -0.2) is 0 Å². The molecule has 0 amide bonds. The highest BCUT2D eigenvalue weighted by atomic mass is 35.5. The van der Waals surface area contributed by atoms with E-state index < -0.39 is 0 Å². The number of hydrogen-bond acceptors (Lipinski definition) is 2. The van der Waals surface area contributed by atoms with Crippen LogP contribution in [0.5, 0.6) is 0 Å². The fourth-order valence-electron chi connectivity index (χ4n) is 1.42. The van der Waals surface area contributed by atoms with Crippen LogP contribution in [0, 0.1) is 0 Å². The molecular formula is C12H17Cl2NO. The Morgan fingerprint density at radius 1 is 1.38 bits per heavy atom. The molecule has 0 aliphatic rings. The second kappa shape index (κ2) is 7.13. The molecule has 0 saturated heterocycles. The highest BCUT2D eigenvalue weighted by molar-refractivity contribution is 6.33. The molecule has 0 spiro atoms. The van der Waals surface area contributed by atoms with E-state index in [2.05, 4.69) is 6.92 Å². The highest BCUT2D eigenvalue weighted by Gasteiger charge is 2.08. The Hall–Kier alpha value is -0.280. The van der Waals surface area contributed by atoms with Gasteiger partial charge in [0.05, 0.1) is 6.61 Å². The predicted molar refractivity (Wildman–Crippen MR) is 69.3 cm³/mol. The molecule has 0 fully saturated rings. The Balaban J connectivity index is 2.48. The Bertz CT molecular complexity index is 331. The topological polar surface area (TPSA) is 35.2 Å². The number of hydrogen-bond donors (Lipinski definition) is 1. The van der Waals surface area contributed by atoms with Crippen molar-refractivity contribution in [1.29, 1.82) is 0 Å². The molecule has 0 bridgehead atoms. The average molecular weight is 262 g/mol. The van der Waals surface area contributed by atoms with E-state index >= 15 is 0 Å². The van der Waals surface area contributed by atoms with Crippen LogP contribution in [0.4, 0.5) is 0 Å². The van der Waals surface area contributed by atoms with E-state index in [1.54, 1.807) is 12.1 Å². The lowest BCUT2D eigenvalue weighted by Gasteiger charge is -2.13. The minimum absolute atomic E-state index is 0.0393. The average Bonchev–Trinajstić information content (AvgIpc) is 2.24. The van der Waals surface area contributed by atoms with Crippen LogP contribution in [-0.4, -0.2) is 19.3 Å². The number of benzene rings is 1. The normalized spacial score (nSPS) is 12.8. The number of halogens is 2. The first kappa shape index (κ1) is 13.8. The fourth-order valence-corrected chi connectivity index (χ4v) is 1.81. The number of rotatable bonds is 6. The second-order valence-corrected chi connectivity index (χ2v) is 4.62. The largest absolute Gasteiger partial charge is 0.380 e. The molecule has 0 radical (unpaired) electrons. The summed E-state index contributed by atoms with van der Waals surface area (Å²) in [6.45, 7) is 3.37. The Labute approximate surface area is 107 Å². The van der Waals surface area contributed by atoms with Gasteiger partial charge in [0.25, 0.3) is 0 Å². The van der Waals surface area contributed by atoms with Gasteiger partial charge in [0.15, 0.2) is 0 Å². The van der Waals surface area contributed by atoms with Crippen molar-refractivity contribution in [1.82, 2.24) is 0 Å². The highest BCUT2D eigenvalue weighted by Crippen LogP contribution is 2.21. The van der Waals surface area contributed by atoms with Crippen molar-refractivity contribution in [3.63, 3.8) is 0 Å². The van der Waals surface area contributed by atoms with E-state index in [-0.39, 0.29) is 6.04 Å². The van der Waals surface area contributed by atoms with Crippen LogP contribution in [0.1, 0.15) is 18.9 Å². The smallest absolute Gasteiger partial charge is 0.0620 e. The summed E-state index contributed by atoms with van der Waals surface area (Å²) in [5.41, 5.74) is 6.91. The van der Waals surface area contributed by atoms with Crippen LogP contribution in [0.3, 0.4) is 0 Å². The summed E-state index contributed by atoms with van der Waals surface area (Å²) >= 11 is 11.9. The summed E-state index contributed by atoms with van der Waals surface area (Å²) in [5.74, 6) is 0. The lowest BCUT2D eigenvalue weighted by atomic mass is 10.1.